The summed E-state index contributed by atoms with van der Waals surface area (Å²) in [6.07, 6.45) is 0. The Labute approximate surface area is 131 Å². The Bertz CT molecular complexity index is 826. The van der Waals surface area contributed by atoms with Crippen LogP contribution in [0.4, 0.5) is 11.4 Å². The van der Waals surface area contributed by atoms with Crippen molar-refractivity contribution in [2.45, 2.75) is 26.8 Å². The Hall–Kier alpha value is -3.03. The van der Waals surface area contributed by atoms with E-state index in [-0.39, 0.29) is 23.0 Å². The lowest BCUT2D eigenvalue weighted by Gasteiger charge is -2.11. The van der Waals surface area contributed by atoms with Gasteiger partial charge in [0.1, 0.15) is 5.69 Å². The first-order chi connectivity index (χ1) is 10.8. The van der Waals surface area contributed by atoms with Crippen LogP contribution in [0.1, 0.15) is 35.9 Å². The third-order valence-electron chi connectivity index (χ3n) is 3.22. The normalized spacial score (nSPS) is 10.6. The van der Waals surface area contributed by atoms with Gasteiger partial charge in [-0.15, -0.1) is 0 Å². The fraction of sp³-hybridized carbons (Fsp3) is 0.267. The first kappa shape index (κ1) is 16.3. The molecule has 0 spiro atoms. The molecular formula is C15H16N4O4. The number of nitro groups is 1. The highest BCUT2D eigenvalue weighted by Crippen LogP contribution is 2.21. The van der Waals surface area contributed by atoms with Gasteiger partial charge in [0.05, 0.1) is 11.0 Å². The summed E-state index contributed by atoms with van der Waals surface area (Å²) in [5, 5.41) is 17.4. The van der Waals surface area contributed by atoms with Gasteiger partial charge in [-0.2, -0.15) is 5.10 Å². The van der Waals surface area contributed by atoms with Crippen LogP contribution in [0.2, 0.25) is 0 Å². The van der Waals surface area contributed by atoms with Crippen molar-refractivity contribution in [1.29, 1.82) is 0 Å². The molecule has 8 heteroatoms. The van der Waals surface area contributed by atoms with Gasteiger partial charge < -0.3 is 5.32 Å². The molecule has 0 bridgehead atoms. The van der Waals surface area contributed by atoms with Gasteiger partial charge in [-0.25, -0.2) is 4.68 Å². The Morgan fingerprint density at radius 3 is 2.57 bits per heavy atom. The largest absolute Gasteiger partial charge is 0.320 e. The number of hydrogen-bond acceptors (Lipinski definition) is 5. The number of aromatic nitrogens is 2. The van der Waals surface area contributed by atoms with Crippen molar-refractivity contribution in [3.8, 4) is 0 Å². The highest BCUT2D eigenvalue weighted by molar-refractivity contribution is 6.03. The minimum absolute atomic E-state index is 0.0491. The molecule has 23 heavy (non-hydrogen) atoms. The van der Waals surface area contributed by atoms with Gasteiger partial charge in [0.2, 0.25) is 0 Å². The molecule has 0 unspecified atom stereocenters. The van der Waals surface area contributed by atoms with E-state index in [1.165, 1.54) is 35.0 Å². The minimum Gasteiger partial charge on any atom is -0.320 e. The standard InChI is InChI=1S/C15H16N4O4/c1-9(2)18-14(20)7-6-13(17-18)15(21)16-12-5-4-11(19(22)23)8-10(12)3/h4-9H,1-3H3,(H,16,21). The SMILES string of the molecule is Cc1cc([N+](=O)[O-])ccc1NC(=O)c1ccc(=O)n(C(C)C)n1. The number of amides is 1. The van der Waals surface area contributed by atoms with E-state index in [9.17, 15) is 19.7 Å². The maximum Gasteiger partial charge on any atom is 0.276 e. The number of carbonyl (C=O) groups is 1. The van der Waals surface area contributed by atoms with Crippen molar-refractivity contribution in [3.05, 3.63) is 62.1 Å². The van der Waals surface area contributed by atoms with Crippen LogP contribution in [-0.4, -0.2) is 20.6 Å². The van der Waals surface area contributed by atoms with Crippen LogP contribution in [0.15, 0.2) is 35.1 Å². The van der Waals surface area contributed by atoms with E-state index in [4.69, 9.17) is 0 Å². The van der Waals surface area contributed by atoms with Crippen LogP contribution in [0, 0.1) is 17.0 Å². The number of non-ortho nitro benzene ring substituents is 1. The van der Waals surface area contributed by atoms with Crippen LogP contribution in [0.5, 0.6) is 0 Å². The second kappa shape index (κ2) is 6.39. The fourth-order valence-electron chi connectivity index (χ4n) is 2.00. The van der Waals surface area contributed by atoms with E-state index in [1.54, 1.807) is 20.8 Å². The summed E-state index contributed by atoms with van der Waals surface area (Å²) >= 11 is 0. The van der Waals surface area contributed by atoms with Crippen LogP contribution in [-0.2, 0) is 0 Å². The molecule has 120 valence electrons. The number of carbonyl (C=O) groups excluding carboxylic acids is 1. The van der Waals surface area contributed by atoms with Crippen molar-refractivity contribution in [2.75, 3.05) is 5.32 Å². The van der Waals surface area contributed by atoms with Crippen molar-refractivity contribution >= 4 is 17.3 Å². The van der Waals surface area contributed by atoms with Crippen molar-refractivity contribution in [1.82, 2.24) is 9.78 Å². The molecule has 8 nitrogen and oxygen atoms in total. The number of anilines is 1. The van der Waals surface area contributed by atoms with Crippen molar-refractivity contribution in [3.63, 3.8) is 0 Å². The van der Waals surface area contributed by atoms with Crippen molar-refractivity contribution in [2.24, 2.45) is 0 Å². The Morgan fingerprint density at radius 1 is 1.30 bits per heavy atom. The molecular weight excluding hydrogens is 300 g/mol. The number of rotatable bonds is 4. The minimum atomic E-state index is -0.501. The molecule has 0 radical (unpaired) electrons. The highest BCUT2D eigenvalue weighted by atomic mass is 16.6. The van der Waals surface area contributed by atoms with Crippen LogP contribution < -0.4 is 10.9 Å². The summed E-state index contributed by atoms with van der Waals surface area (Å²) in [5.41, 5.74) is 0.764. The molecule has 1 amide bonds. The number of nitro benzene ring substituents is 1. The molecule has 1 aromatic heterocycles. The third kappa shape index (κ3) is 3.60. The van der Waals surface area contributed by atoms with Gasteiger partial charge in [0.25, 0.3) is 17.2 Å². The van der Waals surface area contributed by atoms with Crippen LogP contribution in [0.25, 0.3) is 0 Å². The molecule has 0 fully saturated rings. The van der Waals surface area contributed by atoms with Gasteiger partial charge in [-0.05, 0) is 38.5 Å². The van der Waals surface area contributed by atoms with Crippen LogP contribution in [0.3, 0.4) is 0 Å². The summed E-state index contributed by atoms with van der Waals surface area (Å²) in [7, 11) is 0. The summed E-state index contributed by atoms with van der Waals surface area (Å²) in [5.74, 6) is -0.489. The lowest BCUT2D eigenvalue weighted by Crippen LogP contribution is -2.27. The predicted octanol–water partition coefficient (Wildman–Crippen LogP) is 2.29. The molecule has 2 aromatic rings. The van der Waals surface area contributed by atoms with Crippen LogP contribution >= 0.6 is 0 Å². The Balaban J connectivity index is 2.27. The van der Waals surface area contributed by atoms with E-state index < -0.39 is 10.8 Å². The zero-order chi connectivity index (χ0) is 17.1. The fourth-order valence-corrected chi connectivity index (χ4v) is 2.00. The summed E-state index contributed by atoms with van der Waals surface area (Å²) in [4.78, 5) is 34.1. The van der Waals surface area contributed by atoms with Gasteiger partial charge in [0.15, 0.2) is 0 Å². The molecule has 1 N–H and O–H groups in total. The molecule has 0 atom stereocenters. The average molecular weight is 316 g/mol. The molecule has 0 saturated heterocycles. The number of aryl methyl sites for hydroxylation is 1. The molecule has 0 aliphatic rings. The van der Waals surface area contributed by atoms with Gasteiger partial charge in [-0.3, -0.25) is 19.7 Å². The number of benzene rings is 1. The second-order valence-electron chi connectivity index (χ2n) is 5.31. The molecule has 0 aliphatic carbocycles. The first-order valence-electron chi connectivity index (χ1n) is 6.96. The second-order valence-corrected chi connectivity index (χ2v) is 5.31. The van der Waals surface area contributed by atoms with Gasteiger partial charge in [0, 0.05) is 23.9 Å². The Kier molecular flexibility index (Phi) is 4.54. The summed E-state index contributed by atoms with van der Waals surface area (Å²) in [6, 6.07) is 6.60. The molecule has 0 saturated carbocycles. The lowest BCUT2D eigenvalue weighted by atomic mass is 10.1. The summed E-state index contributed by atoms with van der Waals surface area (Å²) in [6.45, 7) is 5.23. The first-order valence-corrected chi connectivity index (χ1v) is 6.96. The van der Waals surface area contributed by atoms with Gasteiger partial charge >= 0.3 is 0 Å². The lowest BCUT2D eigenvalue weighted by molar-refractivity contribution is -0.384. The third-order valence-corrected chi connectivity index (χ3v) is 3.22. The zero-order valence-corrected chi connectivity index (χ0v) is 12.9. The molecule has 2 rings (SSSR count). The molecule has 1 aromatic carbocycles. The smallest absolute Gasteiger partial charge is 0.276 e. The zero-order valence-electron chi connectivity index (χ0n) is 12.9. The topological polar surface area (TPSA) is 107 Å². The van der Waals surface area contributed by atoms with Gasteiger partial charge in [-0.1, -0.05) is 0 Å². The maximum absolute atomic E-state index is 12.2. The van der Waals surface area contributed by atoms with Crippen molar-refractivity contribution < 1.29 is 9.72 Å². The maximum atomic E-state index is 12.2. The Morgan fingerprint density at radius 2 is 2.00 bits per heavy atom. The predicted molar refractivity (Wildman–Crippen MR) is 84.7 cm³/mol. The number of nitrogens with zero attached hydrogens (tertiary/aromatic N) is 3. The number of nitrogens with one attached hydrogen (secondary N) is 1. The van der Waals surface area contributed by atoms with E-state index in [0.29, 0.717) is 11.3 Å². The number of hydrogen-bond donors (Lipinski definition) is 1. The van der Waals surface area contributed by atoms with E-state index in [2.05, 4.69) is 10.4 Å². The van der Waals surface area contributed by atoms with E-state index >= 15 is 0 Å². The average Bonchev–Trinajstić information content (AvgIpc) is 2.49. The van der Waals surface area contributed by atoms with E-state index in [1.807, 2.05) is 0 Å². The van der Waals surface area contributed by atoms with E-state index in [0.717, 1.165) is 0 Å². The monoisotopic (exact) mass is 316 g/mol. The molecule has 1 heterocycles. The summed E-state index contributed by atoms with van der Waals surface area (Å²) < 4.78 is 1.22. The molecule has 0 aliphatic heterocycles. The highest BCUT2D eigenvalue weighted by Gasteiger charge is 2.14. The quantitative estimate of drug-likeness (QED) is 0.688.